The Bertz CT molecular complexity index is 423. The summed E-state index contributed by atoms with van der Waals surface area (Å²) in [6, 6.07) is 0.672. The van der Waals surface area contributed by atoms with E-state index in [2.05, 4.69) is 22.5 Å². The summed E-state index contributed by atoms with van der Waals surface area (Å²) in [6.45, 7) is 0. The molecule has 0 unspecified atom stereocenters. The van der Waals surface area contributed by atoms with Crippen LogP contribution in [0.1, 0.15) is 75.4 Å². The Morgan fingerprint density at radius 1 is 1.10 bits per heavy atom. The lowest BCUT2D eigenvalue weighted by atomic mass is 9.86. The lowest BCUT2D eigenvalue weighted by Crippen LogP contribution is -2.29. The summed E-state index contributed by atoms with van der Waals surface area (Å²) in [5, 5.41) is 8.37. The monoisotopic (exact) mass is 309 g/mol. The Labute approximate surface area is 131 Å². The summed E-state index contributed by atoms with van der Waals surface area (Å²) >= 11 is 2.02. The molecule has 118 valence electrons. The molecule has 0 radical (unpaired) electrons. The van der Waals surface area contributed by atoms with Crippen molar-refractivity contribution in [3.05, 3.63) is 11.7 Å². The summed E-state index contributed by atoms with van der Waals surface area (Å²) in [5.41, 5.74) is 0. The van der Waals surface area contributed by atoms with E-state index in [1.807, 2.05) is 11.8 Å². The number of hydrogen-bond donors (Lipinski definition) is 1. The molecule has 1 heterocycles. The minimum atomic E-state index is 0.482. The van der Waals surface area contributed by atoms with Gasteiger partial charge in [-0.3, -0.25) is 0 Å². The molecule has 1 aromatic rings. The maximum Gasteiger partial charge on any atom is 0.229 e. The largest absolute Gasteiger partial charge is 0.339 e. The number of thioether (sulfide) groups is 1. The van der Waals surface area contributed by atoms with Crippen LogP contribution in [0.5, 0.6) is 0 Å². The first kappa shape index (κ1) is 15.3. The van der Waals surface area contributed by atoms with Gasteiger partial charge in [-0.05, 0) is 45.6 Å². The fraction of sp³-hybridized carbons (Fsp3) is 0.875. The quantitative estimate of drug-likeness (QED) is 0.894. The van der Waals surface area contributed by atoms with Crippen LogP contribution in [0.2, 0.25) is 0 Å². The van der Waals surface area contributed by atoms with Crippen molar-refractivity contribution >= 4 is 11.8 Å². The van der Waals surface area contributed by atoms with E-state index in [0.717, 1.165) is 22.7 Å². The van der Waals surface area contributed by atoms with Crippen LogP contribution in [0.4, 0.5) is 0 Å². The zero-order chi connectivity index (χ0) is 14.5. The molecular weight excluding hydrogens is 282 g/mol. The minimum absolute atomic E-state index is 0.482. The lowest BCUT2D eigenvalue weighted by Gasteiger charge is -2.25. The van der Waals surface area contributed by atoms with Crippen LogP contribution in [-0.2, 0) is 5.75 Å². The second-order valence-corrected chi connectivity index (χ2v) is 7.75. The first-order valence-corrected chi connectivity index (χ1v) is 9.51. The van der Waals surface area contributed by atoms with Crippen molar-refractivity contribution < 1.29 is 4.52 Å². The van der Waals surface area contributed by atoms with Gasteiger partial charge in [0.1, 0.15) is 0 Å². The molecule has 1 aromatic heterocycles. The van der Waals surface area contributed by atoms with Crippen LogP contribution in [-0.4, -0.2) is 28.5 Å². The number of nitrogens with one attached hydrogen (secondary N) is 1. The highest BCUT2D eigenvalue weighted by Crippen LogP contribution is 2.33. The van der Waals surface area contributed by atoms with Crippen molar-refractivity contribution in [2.45, 2.75) is 80.7 Å². The third-order valence-corrected chi connectivity index (χ3v) is 6.34. The van der Waals surface area contributed by atoms with Gasteiger partial charge < -0.3 is 9.84 Å². The molecule has 1 N–H and O–H groups in total. The third kappa shape index (κ3) is 4.22. The van der Waals surface area contributed by atoms with Crippen LogP contribution in [0, 0.1) is 0 Å². The number of aromatic nitrogens is 2. The standard InChI is InChI=1S/C16H27N3OS/c1-17-13-9-7-12(8-10-13)16-18-15(19-20-16)11-21-14-5-3-2-4-6-14/h12-14,17H,2-11H2,1H3. The highest BCUT2D eigenvalue weighted by Gasteiger charge is 2.25. The Kier molecular flexibility index (Phi) is 5.58. The molecule has 21 heavy (non-hydrogen) atoms. The average Bonchev–Trinajstić information content (AvgIpc) is 3.03. The molecule has 0 aromatic carbocycles. The van der Waals surface area contributed by atoms with Gasteiger partial charge in [-0.15, -0.1) is 0 Å². The highest BCUT2D eigenvalue weighted by molar-refractivity contribution is 7.99. The van der Waals surface area contributed by atoms with Gasteiger partial charge in [0.2, 0.25) is 5.89 Å². The molecule has 3 rings (SSSR count). The van der Waals surface area contributed by atoms with Gasteiger partial charge in [0.15, 0.2) is 5.82 Å². The zero-order valence-electron chi connectivity index (χ0n) is 13.0. The summed E-state index contributed by atoms with van der Waals surface area (Å²) < 4.78 is 5.52. The Morgan fingerprint density at radius 2 is 1.86 bits per heavy atom. The van der Waals surface area contributed by atoms with Crippen molar-refractivity contribution in [1.82, 2.24) is 15.5 Å². The van der Waals surface area contributed by atoms with Crippen molar-refractivity contribution in [3.63, 3.8) is 0 Å². The molecule has 0 spiro atoms. The molecule has 0 saturated heterocycles. The maximum absolute atomic E-state index is 5.52. The van der Waals surface area contributed by atoms with Crippen LogP contribution in [0.15, 0.2) is 4.52 Å². The van der Waals surface area contributed by atoms with E-state index in [1.165, 1.54) is 57.8 Å². The fourth-order valence-corrected chi connectivity index (χ4v) is 4.71. The van der Waals surface area contributed by atoms with E-state index in [-0.39, 0.29) is 0 Å². The summed E-state index contributed by atoms with van der Waals surface area (Å²) in [6.07, 6.45) is 11.7. The first-order chi connectivity index (χ1) is 10.3. The fourth-order valence-electron chi connectivity index (χ4n) is 3.55. The van der Waals surface area contributed by atoms with E-state index in [0.29, 0.717) is 12.0 Å². The van der Waals surface area contributed by atoms with Crippen molar-refractivity contribution in [2.75, 3.05) is 7.05 Å². The van der Waals surface area contributed by atoms with Crippen molar-refractivity contribution in [3.8, 4) is 0 Å². The Balaban J connectivity index is 1.47. The van der Waals surface area contributed by atoms with Gasteiger partial charge in [0.05, 0.1) is 5.75 Å². The third-order valence-electron chi connectivity index (χ3n) is 4.97. The maximum atomic E-state index is 5.52. The van der Waals surface area contributed by atoms with Crippen molar-refractivity contribution in [1.29, 1.82) is 0 Å². The average molecular weight is 309 g/mol. The van der Waals surface area contributed by atoms with Crippen LogP contribution >= 0.6 is 11.8 Å². The van der Waals surface area contributed by atoms with Gasteiger partial charge in [-0.25, -0.2) is 0 Å². The Hall–Kier alpha value is -0.550. The van der Waals surface area contributed by atoms with Crippen LogP contribution < -0.4 is 5.32 Å². The molecule has 0 atom stereocenters. The predicted octanol–water partition coefficient (Wildman–Crippen LogP) is 3.88. The van der Waals surface area contributed by atoms with Gasteiger partial charge in [0, 0.05) is 17.2 Å². The van der Waals surface area contributed by atoms with Gasteiger partial charge in [0.25, 0.3) is 0 Å². The second kappa shape index (κ2) is 7.63. The second-order valence-electron chi connectivity index (χ2n) is 6.46. The van der Waals surface area contributed by atoms with Crippen molar-refractivity contribution in [2.24, 2.45) is 0 Å². The highest BCUT2D eigenvalue weighted by atomic mass is 32.2. The molecule has 0 aliphatic heterocycles. The molecule has 4 nitrogen and oxygen atoms in total. The predicted molar refractivity (Wildman–Crippen MR) is 86.5 cm³/mol. The van der Waals surface area contributed by atoms with Gasteiger partial charge >= 0.3 is 0 Å². The topological polar surface area (TPSA) is 51.0 Å². The Morgan fingerprint density at radius 3 is 2.57 bits per heavy atom. The molecule has 2 aliphatic carbocycles. The van der Waals surface area contributed by atoms with E-state index in [9.17, 15) is 0 Å². The minimum Gasteiger partial charge on any atom is -0.339 e. The van der Waals surface area contributed by atoms with Crippen LogP contribution in [0.3, 0.4) is 0 Å². The number of hydrogen-bond acceptors (Lipinski definition) is 5. The number of nitrogens with zero attached hydrogens (tertiary/aromatic N) is 2. The SMILES string of the molecule is CNC1CCC(c2nc(CSC3CCCCC3)no2)CC1. The summed E-state index contributed by atoms with van der Waals surface area (Å²) in [7, 11) is 2.05. The van der Waals surface area contributed by atoms with E-state index in [1.54, 1.807) is 0 Å². The molecular formula is C16H27N3OS. The number of rotatable bonds is 5. The van der Waals surface area contributed by atoms with E-state index >= 15 is 0 Å². The van der Waals surface area contributed by atoms with E-state index < -0.39 is 0 Å². The lowest BCUT2D eigenvalue weighted by molar-refractivity contribution is 0.288. The molecule has 2 aliphatic rings. The first-order valence-electron chi connectivity index (χ1n) is 8.46. The van der Waals surface area contributed by atoms with Gasteiger partial charge in [-0.1, -0.05) is 24.4 Å². The molecule has 0 amide bonds. The smallest absolute Gasteiger partial charge is 0.229 e. The summed E-state index contributed by atoms with van der Waals surface area (Å²) in [5.74, 6) is 3.18. The van der Waals surface area contributed by atoms with Crippen LogP contribution in [0.25, 0.3) is 0 Å². The zero-order valence-corrected chi connectivity index (χ0v) is 13.8. The molecule has 0 bridgehead atoms. The normalized spacial score (nSPS) is 27.9. The summed E-state index contributed by atoms with van der Waals surface area (Å²) in [4.78, 5) is 4.65. The molecule has 2 saturated carbocycles. The molecule has 5 heteroatoms. The molecule has 2 fully saturated rings. The van der Waals surface area contributed by atoms with Gasteiger partial charge in [-0.2, -0.15) is 16.7 Å². The van der Waals surface area contributed by atoms with E-state index in [4.69, 9.17) is 4.52 Å².